The van der Waals surface area contributed by atoms with Gasteiger partial charge in [0.15, 0.2) is 0 Å². The third kappa shape index (κ3) is 0.936. The third-order valence-corrected chi connectivity index (χ3v) is 3.79. The summed E-state index contributed by atoms with van der Waals surface area (Å²) in [6.07, 6.45) is 10.2. The van der Waals surface area contributed by atoms with E-state index in [0.717, 1.165) is 11.8 Å². The summed E-state index contributed by atoms with van der Waals surface area (Å²) in [4.78, 5) is 0. The fourth-order valence-corrected chi connectivity index (χ4v) is 2.43. The van der Waals surface area contributed by atoms with Gasteiger partial charge in [-0.2, -0.15) is 0 Å². The molecule has 0 N–H and O–H groups in total. The second-order valence-corrected chi connectivity index (χ2v) is 4.45. The molecule has 11 heavy (non-hydrogen) atoms. The molecule has 0 radical (unpaired) electrons. The Labute approximate surface area is 68.1 Å². The quantitative estimate of drug-likeness (QED) is 0.553. The van der Waals surface area contributed by atoms with Crippen LogP contribution >= 0.6 is 0 Å². The molecule has 62 valence electrons. The van der Waals surface area contributed by atoms with Crippen LogP contribution in [0.5, 0.6) is 0 Å². The molecule has 3 aliphatic rings. The molecule has 2 saturated carbocycles. The number of epoxide rings is 1. The number of hydrogen-bond donors (Lipinski definition) is 0. The van der Waals surface area contributed by atoms with Crippen molar-refractivity contribution in [3.63, 3.8) is 0 Å². The Balaban J connectivity index is 1.52. The van der Waals surface area contributed by atoms with Gasteiger partial charge in [-0.15, -0.1) is 0 Å². The van der Waals surface area contributed by atoms with E-state index in [0.29, 0.717) is 12.2 Å². The standard InChI is InChI=1S/C10H16O/c1-3-7(4-1)9-10(11-9)8-5-2-6-8/h7-10H,1-6H2. The Kier molecular flexibility index (Phi) is 1.31. The first-order chi connectivity index (χ1) is 5.45. The van der Waals surface area contributed by atoms with Crippen LogP contribution in [-0.2, 0) is 4.74 Å². The molecule has 0 aromatic carbocycles. The Morgan fingerprint density at radius 1 is 0.727 bits per heavy atom. The summed E-state index contributed by atoms with van der Waals surface area (Å²) in [7, 11) is 0. The lowest BCUT2D eigenvalue weighted by Gasteiger charge is -2.27. The predicted octanol–water partition coefficient (Wildman–Crippen LogP) is 2.35. The Morgan fingerprint density at radius 3 is 1.45 bits per heavy atom. The van der Waals surface area contributed by atoms with E-state index in [-0.39, 0.29) is 0 Å². The first-order valence-corrected chi connectivity index (χ1v) is 5.10. The van der Waals surface area contributed by atoms with Crippen LogP contribution in [0.15, 0.2) is 0 Å². The van der Waals surface area contributed by atoms with E-state index < -0.39 is 0 Å². The van der Waals surface area contributed by atoms with Crippen molar-refractivity contribution in [3.05, 3.63) is 0 Å². The van der Waals surface area contributed by atoms with E-state index in [1.165, 1.54) is 38.5 Å². The molecule has 1 heterocycles. The monoisotopic (exact) mass is 152 g/mol. The summed E-state index contributed by atoms with van der Waals surface area (Å²) in [5, 5.41) is 0. The van der Waals surface area contributed by atoms with Gasteiger partial charge in [-0.25, -0.2) is 0 Å². The average molecular weight is 152 g/mol. The molecule has 0 aromatic rings. The van der Waals surface area contributed by atoms with E-state index in [1.807, 2.05) is 0 Å². The van der Waals surface area contributed by atoms with Crippen molar-refractivity contribution in [3.8, 4) is 0 Å². The van der Waals surface area contributed by atoms with Crippen molar-refractivity contribution < 1.29 is 4.74 Å². The lowest BCUT2D eigenvalue weighted by Crippen LogP contribution is -2.25. The minimum Gasteiger partial charge on any atom is -0.369 e. The zero-order valence-electron chi connectivity index (χ0n) is 6.96. The molecule has 0 amide bonds. The SMILES string of the molecule is C1CC(C2OC2C2CCC2)C1. The van der Waals surface area contributed by atoms with Gasteiger partial charge >= 0.3 is 0 Å². The zero-order chi connectivity index (χ0) is 7.26. The lowest BCUT2D eigenvalue weighted by molar-refractivity contribution is 0.212. The van der Waals surface area contributed by atoms with Crippen molar-refractivity contribution in [1.29, 1.82) is 0 Å². The largest absolute Gasteiger partial charge is 0.369 e. The zero-order valence-corrected chi connectivity index (χ0v) is 6.96. The molecule has 0 aromatic heterocycles. The maximum Gasteiger partial charge on any atom is 0.0872 e. The average Bonchev–Trinajstić information content (AvgIpc) is 2.37. The van der Waals surface area contributed by atoms with Crippen LogP contribution in [0, 0.1) is 11.8 Å². The number of rotatable bonds is 2. The lowest BCUT2D eigenvalue weighted by atomic mass is 9.76. The second kappa shape index (κ2) is 2.22. The van der Waals surface area contributed by atoms with Crippen LogP contribution in [0.1, 0.15) is 38.5 Å². The number of hydrogen-bond acceptors (Lipinski definition) is 1. The van der Waals surface area contributed by atoms with Crippen molar-refractivity contribution in [2.75, 3.05) is 0 Å². The van der Waals surface area contributed by atoms with Crippen LogP contribution in [0.25, 0.3) is 0 Å². The van der Waals surface area contributed by atoms with Gasteiger partial charge in [0.05, 0.1) is 12.2 Å². The minimum atomic E-state index is 0.717. The van der Waals surface area contributed by atoms with Crippen molar-refractivity contribution in [1.82, 2.24) is 0 Å². The summed E-state index contributed by atoms with van der Waals surface area (Å²) in [5.41, 5.74) is 0. The van der Waals surface area contributed by atoms with Gasteiger partial charge in [0.2, 0.25) is 0 Å². The van der Waals surface area contributed by atoms with Crippen LogP contribution in [0.2, 0.25) is 0 Å². The second-order valence-electron chi connectivity index (χ2n) is 4.45. The summed E-state index contributed by atoms with van der Waals surface area (Å²) < 4.78 is 5.72. The molecule has 0 spiro atoms. The Hall–Kier alpha value is -0.0400. The van der Waals surface area contributed by atoms with Gasteiger partial charge in [0, 0.05) is 0 Å². The highest BCUT2D eigenvalue weighted by atomic mass is 16.6. The molecule has 2 atom stereocenters. The van der Waals surface area contributed by atoms with E-state index >= 15 is 0 Å². The van der Waals surface area contributed by atoms with Gasteiger partial charge < -0.3 is 4.74 Å². The molecule has 1 nitrogen and oxygen atoms in total. The molecule has 2 unspecified atom stereocenters. The Morgan fingerprint density at radius 2 is 1.18 bits per heavy atom. The van der Waals surface area contributed by atoms with Gasteiger partial charge in [-0.05, 0) is 37.5 Å². The summed E-state index contributed by atoms with van der Waals surface area (Å²) in [5.74, 6) is 1.95. The summed E-state index contributed by atoms with van der Waals surface area (Å²) in [6.45, 7) is 0. The van der Waals surface area contributed by atoms with Crippen molar-refractivity contribution in [2.45, 2.75) is 50.7 Å². The smallest absolute Gasteiger partial charge is 0.0872 e. The van der Waals surface area contributed by atoms with Crippen LogP contribution < -0.4 is 0 Å². The minimum absolute atomic E-state index is 0.717. The van der Waals surface area contributed by atoms with Crippen LogP contribution in [-0.4, -0.2) is 12.2 Å². The van der Waals surface area contributed by atoms with E-state index in [4.69, 9.17) is 4.74 Å². The molecule has 2 aliphatic carbocycles. The summed E-state index contributed by atoms with van der Waals surface area (Å²) >= 11 is 0. The van der Waals surface area contributed by atoms with E-state index in [2.05, 4.69) is 0 Å². The molecule has 0 bridgehead atoms. The first-order valence-electron chi connectivity index (χ1n) is 5.10. The van der Waals surface area contributed by atoms with E-state index in [9.17, 15) is 0 Å². The highest BCUT2D eigenvalue weighted by molar-refractivity contribution is 4.99. The molecule has 1 aliphatic heterocycles. The fourth-order valence-electron chi connectivity index (χ4n) is 2.43. The third-order valence-electron chi connectivity index (χ3n) is 3.79. The predicted molar refractivity (Wildman–Crippen MR) is 43.3 cm³/mol. The molecule has 3 fully saturated rings. The topological polar surface area (TPSA) is 12.5 Å². The van der Waals surface area contributed by atoms with Gasteiger partial charge in [0.1, 0.15) is 0 Å². The highest BCUT2D eigenvalue weighted by Crippen LogP contribution is 2.48. The maximum absolute atomic E-state index is 5.72. The van der Waals surface area contributed by atoms with Crippen molar-refractivity contribution >= 4 is 0 Å². The molecule has 3 rings (SSSR count). The van der Waals surface area contributed by atoms with Crippen LogP contribution in [0.4, 0.5) is 0 Å². The van der Waals surface area contributed by atoms with Gasteiger partial charge in [-0.1, -0.05) is 12.8 Å². The Bertz CT molecular complexity index is 140. The van der Waals surface area contributed by atoms with Crippen molar-refractivity contribution in [2.24, 2.45) is 11.8 Å². The first kappa shape index (κ1) is 6.47. The fraction of sp³-hybridized carbons (Fsp3) is 1.00. The van der Waals surface area contributed by atoms with Crippen LogP contribution in [0.3, 0.4) is 0 Å². The van der Waals surface area contributed by atoms with Gasteiger partial charge in [-0.3, -0.25) is 0 Å². The maximum atomic E-state index is 5.72. The molecule has 1 saturated heterocycles. The molecular formula is C10H16O. The normalized spacial score (nSPS) is 44.7. The van der Waals surface area contributed by atoms with E-state index in [1.54, 1.807) is 0 Å². The number of ether oxygens (including phenoxy) is 1. The molecular weight excluding hydrogens is 136 g/mol. The highest BCUT2D eigenvalue weighted by Gasteiger charge is 2.51. The summed E-state index contributed by atoms with van der Waals surface area (Å²) in [6, 6.07) is 0. The van der Waals surface area contributed by atoms with Gasteiger partial charge in [0.25, 0.3) is 0 Å². The molecule has 1 heteroatoms.